The van der Waals surface area contributed by atoms with E-state index in [2.05, 4.69) is 15.5 Å². The summed E-state index contributed by atoms with van der Waals surface area (Å²) in [5.41, 5.74) is 2.06. The molecule has 26 heavy (non-hydrogen) atoms. The number of tetrazole rings is 1. The third-order valence-corrected chi connectivity index (χ3v) is 4.69. The van der Waals surface area contributed by atoms with Crippen LogP contribution in [0.15, 0.2) is 53.1 Å². The monoisotopic (exact) mass is 350 g/mol. The summed E-state index contributed by atoms with van der Waals surface area (Å²) in [7, 11) is 0. The lowest BCUT2D eigenvalue weighted by Crippen LogP contribution is -2.25. The predicted octanol–water partition coefficient (Wildman–Crippen LogP) is 4.15. The van der Waals surface area contributed by atoms with Gasteiger partial charge in [0, 0.05) is 17.0 Å². The number of benzene rings is 2. The zero-order chi connectivity index (χ0) is 17.5. The molecule has 0 bridgehead atoms. The second-order valence-electron chi connectivity index (χ2n) is 6.37. The van der Waals surface area contributed by atoms with E-state index in [9.17, 15) is 4.39 Å². The zero-order valence-corrected chi connectivity index (χ0v) is 13.8. The number of furan rings is 1. The van der Waals surface area contributed by atoms with Crippen molar-refractivity contribution >= 4 is 11.0 Å². The number of halogens is 1. The zero-order valence-electron chi connectivity index (χ0n) is 13.8. The number of nitrogens with zero attached hydrogens (tertiary/aromatic N) is 4. The van der Waals surface area contributed by atoms with Crippen LogP contribution in [0, 0.1) is 5.82 Å². The molecule has 0 saturated heterocycles. The average Bonchev–Trinajstić information content (AvgIpc) is 3.27. The maximum atomic E-state index is 14.4. The number of rotatable bonds is 4. The quantitative estimate of drug-likeness (QED) is 0.553. The van der Waals surface area contributed by atoms with Crippen LogP contribution in [0.25, 0.3) is 28.0 Å². The molecule has 6 nitrogen and oxygen atoms in total. The van der Waals surface area contributed by atoms with Crippen molar-refractivity contribution in [2.45, 2.75) is 25.4 Å². The summed E-state index contributed by atoms with van der Waals surface area (Å²) in [5.74, 6) is 0.359. The molecular weight excluding hydrogens is 335 g/mol. The SMILES string of the molecule is Fc1cc(-n2nnnc2-c2ccc3ccoc3c2)ccc1OC1CCC1. The molecule has 2 aromatic carbocycles. The first-order valence-electron chi connectivity index (χ1n) is 8.50. The molecule has 5 rings (SSSR count). The van der Waals surface area contributed by atoms with Crippen LogP contribution >= 0.6 is 0 Å². The summed E-state index contributed by atoms with van der Waals surface area (Å²) in [6, 6.07) is 12.4. The van der Waals surface area contributed by atoms with E-state index in [1.807, 2.05) is 24.3 Å². The van der Waals surface area contributed by atoms with Crippen LogP contribution in [0.4, 0.5) is 4.39 Å². The van der Waals surface area contributed by atoms with Gasteiger partial charge < -0.3 is 9.15 Å². The molecule has 0 amide bonds. The van der Waals surface area contributed by atoms with Gasteiger partial charge in [-0.25, -0.2) is 4.39 Å². The Balaban J connectivity index is 1.51. The van der Waals surface area contributed by atoms with Crippen LogP contribution in [0.2, 0.25) is 0 Å². The minimum Gasteiger partial charge on any atom is -0.487 e. The van der Waals surface area contributed by atoms with Crippen molar-refractivity contribution in [1.29, 1.82) is 0 Å². The van der Waals surface area contributed by atoms with E-state index in [-0.39, 0.29) is 11.9 Å². The smallest absolute Gasteiger partial charge is 0.187 e. The summed E-state index contributed by atoms with van der Waals surface area (Å²) >= 11 is 0. The summed E-state index contributed by atoms with van der Waals surface area (Å²) in [5, 5.41) is 12.8. The summed E-state index contributed by atoms with van der Waals surface area (Å²) in [6.07, 6.45) is 4.85. The Kier molecular flexibility index (Phi) is 3.44. The Morgan fingerprint density at radius 3 is 2.85 bits per heavy atom. The fourth-order valence-corrected chi connectivity index (χ4v) is 3.02. The fourth-order valence-electron chi connectivity index (χ4n) is 3.02. The first kappa shape index (κ1) is 15.1. The van der Waals surface area contributed by atoms with Crippen LogP contribution in [0.5, 0.6) is 5.75 Å². The Labute approximate surface area is 148 Å². The van der Waals surface area contributed by atoms with E-state index < -0.39 is 5.82 Å². The van der Waals surface area contributed by atoms with E-state index in [4.69, 9.17) is 9.15 Å². The second kappa shape index (κ2) is 5.94. The van der Waals surface area contributed by atoms with Gasteiger partial charge in [0.1, 0.15) is 5.58 Å². The number of hydrogen-bond donors (Lipinski definition) is 0. The molecule has 130 valence electrons. The Morgan fingerprint density at radius 1 is 1.12 bits per heavy atom. The second-order valence-corrected chi connectivity index (χ2v) is 6.37. The highest BCUT2D eigenvalue weighted by Crippen LogP contribution is 2.29. The molecule has 0 unspecified atom stereocenters. The molecule has 1 aliphatic rings. The van der Waals surface area contributed by atoms with Gasteiger partial charge in [0.15, 0.2) is 17.4 Å². The van der Waals surface area contributed by atoms with Crippen LogP contribution in [-0.4, -0.2) is 26.3 Å². The van der Waals surface area contributed by atoms with Crippen LogP contribution in [0.1, 0.15) is 19.3 Å². The Hall–Kier alpha value is -3.22. The number of aromatic nitrogens is 4. The van der Waals surface area contributed by atoms with E-state index in [0.29, 0.717) is 11.5 Å². The van der Waals surface area contributed by atoms with Gasteiger partial charge in [0.05, 0.1) is 18.1 Å². The minimum atomic E-state index is -0.419. The molecule has 1 fully saturated rings. The molecule has 0 atom stereocenters. The number of hydrogen-bond acceptors (Lipinski definition) is 5. The first-order chi connectivity index (χ1) is 12.8. The van der Waals surface area contributed by atoms with Gasteiger partial charge >= 0.3 is 0 Å². The van der Waals surface area contributed by atoms with E-state index >= 15 is 0 Å². The summed E-state index contributed by atoms with van der Waals surface area (Å²) in [6.45, 7) is 0. The van der Waals surface area contributed by atoms with Gasteiger partial charge in [-0.1, -0.05) is 12.1 Å². The van der Waals surface area contributed by atoms with Gasteiger partial charge in [-0.15, -0.1) is 5.10 Å². The average molecular weight is 350 g/mol. The van der Waals surface area contributed by atoms with Crippen LogP contribution in [0.3, 0.4) is 0 Å². The highest BCUT2D eigenvalue weighted by Gasteiger charge is 2.21. The van der Waals surface area contributed by atoms with Crippen molar-refractivity contribution in [2.75, 3.05) is 0 Å². The predicted molar refractivity (Wildman–Crippen MR) is 92.6 cm³/mol. The molecule has 4 aromatic rings. The van der Waals surface area contributed by atoms with Gasteiger partial charge in [-0.2, -0.15) is 4.68 Å². The molecule has 1 saturated carbocycles. The highest BCUT2D eigenvalue weighted by molar-refractivity contribution is 5.81. The minimum absolute atomic E-state index is 0.124. The van der Waals surface area contributed by atoms with Gasteiger partial charge in [-0.05, 0) is 54.0 Å². The topological polar surface area (TPSA) is 66.0 Å². The fraction of sp³-hybridized carbons (Fsp3) is 0.211. The lowest BCUT2D eigenvalue weighted by molar-refractivity contribution is 0.115. The summed E-state index contributed by atoms with van der Waals surface area (Å²) < 4.78 is 27.0. The Morgan fingerprint density at radius 2 is 2.04 bits per heavy atom. The van der Waals surface area contributed by atoms with Gasteiger partial charge in [-0.3, -0.25) is 0 Å². The van der Waals surface area contributed by atoms with E-state index in [1.165, 1.54) is 10.7 Å². The van der Waals surface area contributed by atoms with Crippen molar-refractivity contribution in [2.24, 2.45) is 0 Å². The first-order valence-corrected chi connectivity index (χ1v) is 8.50. The molecule has 0 spiro atoms. The summed E-state index contributed by atoms with van der Waals surface area (Å²) in [4.78, 5) is 0. The molecule has 1 aliphatic carbocycles. The lowest BCUT2D eigenvalue weighted by atomic mass is 9.96. The maximum Gasteiger partial charge on any atom is 0.187 e. The third-order valence-electron chi connectivity index (χ3n) is 4.69. The van der Waals surface area contributed by atoms with Crippen molar-refractivity contribution in [3.05, 3.63) is 54.5 Å². The molecule has 2 heterocycles. The maximum absolute atomic E-state index is 14.4. The molecule has 0 radical (unpaired) electrons. The third kappa shape index (κ3) is 2.52. The largest absolute Gasteiger partial charge is 0.487 e. The van der Waals surface area contributed by atoms with Crippen molar-refractivity contribution in [1.82, 2.24) is 20.2 Å². The molecule has 0 N–H and O–H groups in total. The molecule has 7 heteroatoms. The normalized spacial score (nSPS) is 14.5. The standard InChI is InChI=1S/C19H15FN4O2/c20-16-11-14(6-7-17(16)26-15-2-1-3-15)24-19(21-22-23-24)13-5-4-12-8-9-25-18(12)10-13/h4-11,15H,1-3H2. The van der Waals surface area contributed by atoms with Crippen LogP contribution < -0.4 is 4.74 Å². The van der Waals surface area contributed by atoms with Crippen LogP contribution in [-0.2, 0) is 0 Å². The highest BCUT2D eigenvalue weighted by atomic mass is 19.1. The van der Waals surface area contributed by atoms with E-state index in [0.717, 1.165) is 35.8 Å². The van der Waals surface area contributed by atoms with E-state index in [1.54, 1.807) is 18.4 Å². The van der Waals surface area contributed by atoms with Crippen molar-refractivity contribution in [3.8, 4) is 22.8 Å². The Bertz CT molecular complexity index is 1080. The number of ether oxygens (including phenoxy) is 1. The lowest BCUT2D eigenvalue weighted by Gasteiger charge is -2.26. The van der Waals surface area contributed by atoms with Gasteiger partial charge in [0.2, 0.25) is 0 Å². The molecular formula is C19H15FN4O2. The number of fused-ring (bicyclic) bond motifs is 1. The van der Waals surface area contributed by atoms with Crippen molar-refractivity contribution in [3.63, 3.8) is 0 Å². The van der Waals surface area contributed by atoms with Crippen molar-refractivity contribution < 1.29 is 13.5 Å². The molecule has 0 aliphatic heterocycles. The molecule has 2 aromatic heterocycles. The van der Waals surface area contributed by atoms with Gasteiger partial charge in [0.25, 0.3) is 0 Å².